The van der Waals surface area contributed by atoms with Crippen LogP contribution in [0.2, 0.25) is 0 Å². The standard InChI is InChI=1S/C32H41N3O12/c1-20(36)34-24-10-8-21-18-27(42-2)31(43-3)32(44-4)30(21)22-9-11-25(26(37)19-23(22)24)33-14-17-46-29(39)13-12-28(38)45-15-6-5-7-16-47-35(40)41/h9,11,18-19,24H,5-8,10,12-17H2,1-4H3,(H,33,37)(H,34,36)/t24-/m0/s1. The number of hydrogen-bond acceptors (Lipinski definition) is 13. The SMILES string of the molecule is COc1cc2c(c(OC)c1OC)-c1ccc(NCCOC(=O)CCC(=O)OCCCCCO[N+](=O)[O-])c(=O)cc1[C@@H](NC(C)=O)CC2. The summed E-state index contributed by atoms with van der Waals surface area (Å²) in [6.07, 6.45) is 2.33. The van der Waals surface area contributed by atoms with E-state index < -0.39 is 23.1 Å². The number of anilines is 1. The van der Waals surface area contributed by atoms with E-state index in [-0.39, 0.29) is 56.2 Å². The van der Waals surface area contributed by atoms with Gasteiger partial charge in [0.15, 0.2) is 11.5 Å². The van der Waals surface area contributed by atoms with Crippen LogP contribution >= 0.6 is 0 Å². The Morgan fingerprint density at radius 3 is 2.23 bits per heavy atom. The molecule has 0 saturated heterocycles. The molecule has 2 N–H and O–H groups in total. The van der Waals surface area contributed by atoms with Crippen LogP contribution in [0.5, 0.6) is 17.2 Å². The summed E-state index contributed by atoms with van der Waals surface area (Å²) in [6.45, 7) is 1.61. The fourth-order valence-electron chi connectivity index (χ4n) is 5.26. The zero-order chi connectivity index (χ0) is 34.3. The number of methoxy groups -OCH3 is 3. The van der Waals surface area contributed by atoms with Gasteiger partial charge in [0, 0.05) is 19.0 Å². The summed E-state index contributed by atoms with van der Waals surface area (Å²) in [6, 6.07) is 6.32. The van der Waals surface area contributed by atoms with E-state index in [0.717, 1.165) is 11.1 Å². The molecule has 47 heavy (non-hydrogen) atoms. The van der Waals surface area contributed by atoms with Crippen LogP contribution in [-0.4, -0.2) is 70.6 Å². The van der Waals surface area contributed by atoms with E-state index in [2.05, 4.69) is 15.5 Å². The van der Waals surface area contributed by atoms with Crippen LogP contribution in [0.4, 0.5) is 5.69 Å². The first-order chi connectivity index (χ1) is 22.6. The lowest BCUT2D eigenvalue weighted by Crippen LogP contribution is -2.26. The fraction of sp³-hybridized carbons (Fsp3) is 0.500. The number of ether oxygens (including phenoxy) is 5. The number of benzene rings is 1. The minimum absolute atomic E-state index is 0.0168. The maximum atomic E-state index is 13.4. The average Bonchev–Trinajstić information content (AvgIpc) is 3.28. The van der Waals surface area contributed by atoms with Gasteiger partial charge in [-0.1, -0.05) is 6.07 Å². The minimum atomic E-state index is -0.858. The molecule has 0 unspecified atom stereocenters. The van der Waals surface area contributed by atoms with Crippen LogP contribution in [0.1, 0.15) is 62.6 Å². The molecule has 1 aliphatic carbocycles. The average molecular weight is 660 g/mol. The quantitative estimate of drug-likeness (QED) is 0.102. The molecule has 0 aromatic heterocycles. The first-order valence-corrected chi connectivity index (χ1v) is 15.2. The largest absolute Gasteiger partial charge is 0.493 e. The summed E-state index contributed by atoms with van der Waals surface area (Å²) < 4.78 is 27.2. The zero-order valence-corrected chi connectivity index (χ0v) is 27.0. The molecule has 0 bridgehead atoms. The third kappa shape index (κ3) is 10.5. The van der Waals surface area contributed by atoms with Crippen LogP contribution in [0.15, 0.2) is 29.1 Å². The molecule has 1 atom stereocenters. The lowest BCUT2D eigenvalue weighted by Gasteiger charge is -2.19. The van der Waals surface area contributed by atoms with Crippen molar-refractivity contribution in [2.45, 2.75) is 57.9 Å². The highest BCUT2D eigenvalue weighted by Gasteiger charge is 2.29. The van der Waals surface area contributed by atoms with Gasteiger partial charge in [-0.2, -0.15) is 0 Å². The molecule has 15 nitrogen and oxygen atoms in total. The molecule has 0 spiro atoms. The van der Waals surface area contributed by atoms with E-state index in [9.17, 15) is 29.3 Å². The summed E-state index contributed by atoms with van der Waals surface area (Å²) >= 11 is 0. The normalized spacial score (nSPS) is 13.1. The first kappa shape index (κ1) is 36.4. The molecule has 0 heterocycles. The van der Waals surface area contributed by atoms with Crippen molar-refractivity contribution in [1.29, 1.82) is 0 Å². The third-order valence-electron chi connectivity index (χ3n) is 7.38. The Labute approximate surface area is 271 Å². The number of carbonyl (C=O) groups excluding carboxylic acids is 3. The number of amides is 1. The molecule has 0 radical (unpaired) electrons. The molecule has 1 amide bonds. The molecule has 0 saturated carbocycles. The van der Waals surface area contributed by atoms with E-state index >= 15 is 0 Å². The number of hydrogen-bond donors (Lipinski definition) is 2. The summed E-state index contributed by atoms with van der Waals surface area (Å²) in [5.74, 6) is -0.0507. The number of fused-ring (bicyclic) bond motifs is 3. The van der Waals surface area contributed by atoms with Crippen molar-refractivity contribution in [2.75, 3.05) is 53.0 Å². The van der Waals surface area contributed by atoms with Crippen molar-refractivity contribution in [2.24, 2.45) is 0 Å². The molecule has 15 heteroatoms. The molecule has 2 aromatic carbocycles. The Morgan fingerprint density at radius 2 is 1.60 bits per heavy atom. The zero-order valence-electron chi connectivity index (χ0n) is 27.0. The third-order valence-corrected chi connectivity index (χ3v) is 7.38. The maximum Gasteiger partial charge on any atom is 0.306 e. The Kier molecular flexibility index (Phi) is 14.1. The van der Waals surface area contributed by atoms with Gasteiger partial charge >= 0.3 is 11.9 Å². The van der Waals surface area contributed by atoms with Gasteiger partial charge in [0.2, 0.25) is 17.1 Å². The Bertz CT molecular complexity index is 1500. The van der Waals surface area contributed by atoms with Gasteiger partial charge < -0.3 is 39.2 Å². The molecule has 3 rings (SSSR count). The van der Waals surface area contributed by atoms with Gasteiger partial charge in [-0.25, -0.2) is 0 Å². The van der Waals surface area contributed by atoms with E-state index in [1.54, 1.807) is 12.1 Å². The monoisotopic (exact) mass is 659 g/mol. The fourth-order valence-corrected chi connectivity index (χ4v) is 5.26. The summed E-state index contributed by atoms with van der Waals surface area (Å²) in [4.78, 5) is 63.8. The second kappa shape index (κ2) is 18.2. The highest BCUT2D eigenvalue weighted by atomic mass is 16.9. The molecular formula is C32H41N3O12. The molecule has 256 valence electrons. The highest BCUT2D eigenvalue weighted by Crippen LogP contribution is 2.50. The number of nitrogens with zero attached hydrogens (tertiary/aromatic N) is 1. The molecule has 0 aliphatic heterocycles. The van der Waals surface area contributed by atoms with E-state index in [1.165, 1.54) is 34.3 Å². The smallest absolute Gasteiger partial charge is 0.306 e. The van der Waals surface area contributed by atoms with Gasteiger partial charge in [-0.3, -0.25) is 19.2 Å². The van der Waals surface area contributed by atoms with Crippen LogP contribution in [0.3, 0.4) is 0 Å². The molecule has 1 aliphatic rings. The number of nitrogens with one attached hydrogen (secondary N) is 2. The van der Waals surface area contributed by atoms with Gasteiger partial charge in [0.25, 0.3) is 5.09 Å². The van der Waals surface area contributed by atoms with Gasteiger partial charge in [-0.05, 0) is 67.0 Å². The Hall–Kier alpha value is -5.08. The second-order valence-corrected chi connectivity index (χ2v) is 10.6. The van der Waals surface area contributed by atoms with E-state index in [1.807, 2.05) is 6.07 Å². The number of unbranched alkanes of at least 4 members (excludes halogenated alkanes) is 2. The van der Waals surface area contributed by atoms with Crippen LogP contribution in [0, 0.1) is 10.1 Å². The Morgan fingerprint density at radius 1 is 0.915 bits per heavy atom. The molecule has 0 fully saturated rings. The predicted molar refractivity (Wildman–Crippen MR) is 169 cm³/mol. The highest BCUT2D eigenvalue weighted by molar-refractivity contribution is 5.84. The minimum Gasteiger partial charge on any atom is -0.493 e. The van der Waals surface area contributed by atoms with Crippen LogP contribution in [-0.2, 0) is 35.1 Å². The van der Waals surface area contributed by atoms with Crippen molar-refractivity contribution >= 4 is 23.5 Å². The van der Waals surface area contributed by atoms with Gasteiger partial charge in [0.05, 0.1) is 59.1 Å². The molecular weight excluding hydrogens is 618 g/mol. The molecule has 2 aromatic rings. The van der Waals surface area contributed by atoms with E-state index in [0.29, 0.717) is 60.5 Å². The maximum absolute atomic E-state index is 13.4. The van der Waals surface area contributed by atoms with Crippen LogP contribution in [0.25, 0.3) is 11.1 Å². The van der Waals surface area contributed by atoms with E-state index in [4.69, 9.17) is 23.7 Å². The van der Waals surface area contributed by atoms with Crippen molar-refractivity contribution in [3.05, 3.63) is 55.7 Å². The summed E-state index contributed by atoms with van der Waals surface area (Å²) in [5.41, 5.74) is 2.85. The topological polar surface area (TPSA) is 191 Å². The van der Waals surface area contributed by atoms with Crippen molar-refractivity contribution < 1.29 is 48.0 Å². The second-order valence-electron chi connectivity index (χ2n) is 10.6. The van der Waals surface area contributed by atoms with Gasteiger partial charge in [0.1, 0.15) is 6.61 Å². The Balaban J connectivity index is 1.64. The predicted octanol–water partition coefficient (Wildman–Crippen LogP) is 3.52. The lowest BCUT2D eigenvalue weighted by atomic mass is 9.95. The van der Waals surface area contributed by atoms with Crippen molar-refractivity contribution in [1.82, 2.24) is 5.32 Å². The first-order valence-electron chi connectivity index (χ1n) is 15.2. The number of rotatable bonds is 18. The summed E-state index contributed by atoms with van der Waals surface area (Å²) in [7, 11) is 4.57. The summed E-state index contributed by atoms with van der Waals surface area (Å²) in [5, 5.41) is 15.2. The number of aryl methyl sites for hydroxylation is 1. The number of esters is 2. The van der Waals surface area contributed by atoms with Crippen LogP contribution < -0.4 is 30.3 Å². The van der Waals surface area contributed by atoms with Gasteiger partial charge in [-0.15, -0.1) is 10.1 Å². The number of carbonyl (C=O) groups is 3. The van der Waals surface area contributed by atoms with Crippen molar-refractivity contribution in [3.63, 3.8) is 0 Å². The lowest BCUT2D eigenvalue weighted by molar-refractivity contribution is -0.757. The van der Waals surface area contributed by atoms with Crippen molar-refractivity contribution in [3.8, 4) is 28.4 Å².